The third kappa shape index (κ3) is 3.03. The van der Waals surface area contributed by atoms with Gasteiger partial charge < -0.3 is 14.8 Å². The minimum atomic E-state index is -1.13. The molecule has 0 bridgehead atoms. The number of thiol groups is 1. The van der Waals surface area contributed by atoms with Crippen molar-refractivity contribution < 1.29 is 19.1 Å². The summed E-state index contributed by atoms with van der Waals surface area (Å²) in [5, 5.41) is 11.4. The van der Waals surface area contributed by atoms with Gasteiger partial charge in [-0.3, -0.25) is 4.79 Å². The Labute approximate surface area is 98.2 Å². The first-order valence-corrected chi connectivity index (χ1v) is 5.05. The van der Waals surface area contributed by atoms with Gasteiger partial charge in [0.05, 0.1) is 11.8 Å². The number of furan rings is 1. The van der Waals surface area contributed by atoms with E-state index in [1.807, 2.05) is 0 Å². The fourth-order valence-corrected chi connectivity index (χ4v) is 1.32. The molecule has 0 fully saturated rings. The molecule has 1 rings (SSSR count). The molecule has 0 aliphatic rings. The fraction of sp³-hybridized carbons (Fsp3) is 0.400. The molecule has 16 heavy (non-hydrogen) atoms. The molecule has 0 aliphatic carbocycles. The molecule has 0 saturated carbocycles. The number of nitrogens with one attached hydrogen (secondary N) is 1. The van der Waals surface area contributed by atoms with Crippen LogP contribution in [0.1, 0.15) is 24.2 Å². The molecule has 0 aliphatic heterocycles. The minimum absolute atomic E-state index is 0.281. The summed E-state index contributed by atoms with van der Waals surface area (Å²) in [6.45, 7) is 3.23. The first-order chi connectivity index (χ1) is 7.32. The Balaban J connectivity index is 2.78. The van der Waals surface area contributed by atoms with Crippen molar-refractivity contribution in [2.75, 3.05) is 0 Å². The Morgan fingerprint density at radius 2 is 2.19 bits per heavy atom. The van der Waals surface area contributed by atoms with Crippen molar-refractivity contribution in [2.24, 2.45) is 0 Å². The molecule has 6 heteroatoms. The molecule has 1 aromatic heterocycles. The maximum Gasteiger partial charge on any atom is 0.327 e. The van der Waals surface area contributed by atoms with Crippen molar-refractivity contribution in [2.45, 2.75) is 24.6 Å². The number of aliphatic carboxylic acids is 1. The number of amides is 1. The Kier molecular flexibility index (Phi) is 3.64. The second-order valence-corrected chi connectivity index (χ2v) is 5.06. The normalized spacial score (nSPS) is 13.2. The summed E-state index contributed by atoms with van der Waals surface area (Å²) < 4.78 is 3.88. The van der Waals surface area contributed by atoms with Gasteiger partial charge in [-0.05, 0) is 19.9 Å². The molecule has 1 heterocycles. The van der Waals surface area contributed by atoms with Gasteiger partial charge >= 0.3 is 5.97 Å². The molecule has 0 spiro atoms. The van der Waals surface area contributed by atoms with Gasteiger partial charge in [0.2, 0.25) is 0 Å². The van der Waals surface area contributed by atoms with Crippen LogP contribution in [-0.4, -0.2) is 27.8 Å². The second kappa shape index (κ2) is 4.61. The van der Waals surface area contributed by atoms with E-state index >= 15 is 0 Å². The van der Waals surface area contributed by atoms with Gasteiger partial charge in [-0.2, -0.15) is 12.6 Å². The molecule has 2 N–H and O–H groups in total. The predicted octanol–water partition coefficient (Wildman–Crippen LogP) is 1.17. The number of hydrogen-bond donors (Lipinski definition) is 3. The van der Waals surface area contributed by atoms with Crippen molar-refractivity contribution in [3.05, 3.63) is 24.2 Å². The lowest BCUT2D eigenvalue weighted by atomic mass is 10.0. The van der Waals surface area contributed by atoms with Crippen molar-refractivity contribution in [1.29, 1.82) is 0 Å². The number of carbonyl (C=O) groups is 2. The zero-order valence-corrected chi connectivity index (χ0v) is 9.82. The van der Waals surface area contributed by atoms with Gasteiger partial charge in [0, 0.05) is 4.75 Å². The fourth-order valence-electron chi connectivity index (χ4n) is 1.15. The van der Waals surface area contributed by atoms with E-state index in [1.54, 1.807) is 13.8 Å². The average molecular weight is 243 g/mol. The summed E-state index contributed by atoms with van der Waals surface area (Å²) in [6, 6.07) is 0.387. The van der Waals surface area contributed by atoms with Crippen LogP contribution in [-0.2, 0) is 4.79 Å². The highest BCUT2D eigenvalue weighted by atomic mass is 32.1. The lowest BCUT2D eigenvalue weighted by Gasteiger charge is -2.26. The largest absolute Gasteiger partial charge is 0.480 e. The zero-order valence-electron chi connectivity index (χ0n) is 8.93. The highest BCUT2D eigenvalue weighted by Crippen LogP contribution is 2.18. The SMILES string of the molecule is CC(C)(S)C(NC(=O)c1ccoc1)C(=O)O. The predicted molar refractivity (Wildman–Crippen MR) is 60.7 cm³/mol. The number of rotatable bonds is 4. The van der Waals surface area contributed by atoms with Crippen LogP contribution in [0, 0.1) is 0 Å². The summed E-state index contributed by atoms with van der Waals surface area (Å²) in [7, 11) is 0. The van der Waals surface area contributed by atoms with Gasteiger partial charge in [-0.15, -0.1) is 0 Å². The van der Waals surface area contributed by atoms with Crippen molar-refractivity contribution in [3.8, 4) is 0 Å². The highest BCUT2D eigenvalue weighted by Gasteiger charge is 2.33. The first kappa shape index (κ1) is 12.6. The van der Waals surface area contributed by atoms with Crippen LogP contribution in [0.5, 0.6) is 0 Å². The van der Waals surface area contributed by atoms with Crippen molar-refractivity contribution in [1.82, 2.24) is 5.32 Å². The van der Waals surface area contributed by atoms with E-state index in [-0.39, 0.29) is 5.56 Å². The monoisotopic (exact) mass is 243 g/mol. The van der Waals surface area contributed by atoms with Crippen LogP contribution in [0.2, 0.25) is 0 Å². The smallest absolute Gasteiger partial charge is 0.327 e. The molecule has 5 nitrogen and oxygen atoms in total. The highest BCUT2D eigenvalue weighted by molar-refractivity contribution is 7.81. The average Bonchev–Trinajstić information content (AvgIpc) is 2.63. The molecule has 0 aromatic carbocycles. The maximum atomic E-state index is 11.6. The lowest BCUT2D eigenvalue weighted by molar-refractivity contribution is -0.139. The molecule has 1 unspecified atom stereocenters. The van der Waals surface area contributed by atoms with E-state index in [4.69, 9.17) is 9.52 Å². The molecule has 0 saturated heterocycles. The summed E-state index contributed by atoms with van der Waals surface area (Å²) >= 11 is 4.14. The van der Waals surface area contributed by atoms with Gasteiger partial charge in [0.25, 0.3) is 5.91 Å². The second-order valence-electron chi connectivity index (χ2n) is 3.91. The number of carboxylic acids is 1. The van der Waals surface area contributed by atoms with Crippen LogP contribution < -0.4 is 5.32 Å². The molecule has 1 aromatic rings. The Bertz CT molecular complexity index is 380. The van der Waals surface area contributed by atoms with E-state index in [9.17, 15) is 9.59 Å². The minimum Gasteiger partial charge on any atom is -0.480 e. The summed E-state index contributed by atoms with van der Waals surface area (Å²) in [6.07, 6.45) is 2.59. The van der Waals surface area contributed by atoms with E-state index in [0.29, 0.717) is 0 Å². The number of carboxylic acid groups (broad SMARTS) is 1. The standard InChI is InChI=1S/C10H13NO4S/c1-10(2,16)7(9(13)14)11-8(12)6-3-4-15-5-6/h3-5,7,16H,1-2H3,(H,11,12)(H,13,14). The molecular weight excluding hydrogens is 230 g/mol. The topological polar surface area (TPSA) is 79.5 Å². The summed E-state index contributed by atoms with van der Waals surface area (Å²) in [5.41, 5.74) is 0.281. The molecule has 1 atom stereocenters. The molecule has 1 amide bonds. The molecule has 0 radical (unpaired) electrons. The Hall–Kier alpha value is -1.43. The van der Waals surface area contributed by atoms with Gasteiger partial charge in [-0.25, -0.2) is 4.79 Å². The number of hydrogen-bond acceptors (Lipinski definition) is 4. The quantitative estimate of drug-likeness (QED) is 0.693. The van der Waals surface area contributed by atoms with Crippen LogP contribution >= 0.6 is 12.6 Å². The molecular formula is C10H13NO4S. The van der Waals surface area contributed by atoms with E-state index in [0.717, 1.165) is 0 Å². The first-order valence-electron chi connectivity index (χ1n) is 4.60. The summed E-state index contributed by atoms with van der Waals surface area (Å²) in [5.74, 6) is -1.62. The zero-order chi connectivity index (χ0) is 12.3. The van der Waals surface area contributed by atoms with E-state index in [2.05, 4.69) is 17.9 Å². The number of carbonyl (C=O) groups excluding carboxylic acids is 1. The van der Waals surface area contributed by atoms with Crippen LogP contribution in [0.4, 0.5) is 0 Å². The lowest BCUT2D eigenvalue weighted by Crippen LogP contribution is -2.51. The van der Waals surface area contributed by atoms with Crippen molar-refractivity contribution in [3.63, 3.8) is 0 Å². The van der Waals surface area contributed by atoms with Crippen LogP contribution in [0.3, 0.4) is 0 Å². The Morgan fingerprint density at radius 1 is 1.56 bits per heavy atom. The van der Waals surface area contributed by atoms with Gasteiger partial charge in [-0.1, -0.05) is 0 Å². The van der Waals surface area contributed by atoms with Gasteiger partial charge in [0.1, 0.15) is 12.3 Å². The third-order valence-corrected chi connectivity index (χ3v) is 2.27. The van der Waals surface area contributed by atoms with E-state index in [1.165, 1.54) is 18.6 Å². The summed E-state index contributed by atoms with van der Waals surface area (Å²) in [4.78, 5) is 22.6. The van der Waals surface area contributed by atoms with Crippen molar-refractivity contribution >= 4 is 24.5 Å². The maximum absolute atomic E-state index is 11.6. The van der Waals surface area contributed by atoms with Crippen LogP contribution in [0.25, 0.3) is 0 Å². The Morgan fingerprint density at radius 3 is 2.56 bits per heavy atom. The van der Waals surface area contributed by atoms with Gasteiger partial charge in [0.15, 0.2) is 0 Å². The third-order valence-electron chi connectivity index (χ3n) is 2.01. The van der Waals surface area contributed by atoms with Crippen LogP contribution in [0.15, 0.2) is 23.0 Å². The molecule has 88 valence electrons. The van der Waals surface area contributed by atoms with E-state index < -0.39 is 22.7 Å².